The third-order valence-electron chi connectivity index (χ3n) is 4.42. The topological polar surface area (TPSA) is 72.2 Å². The molecule has 0 aliphatic carbocycles. The lowest BCUT2D eigenvalue weighted by Gasteiger charge is -2.08. The van der Waals surface area contributed by atoms with Gasteiger partial charge in [-0.05, 0) is 36.1 Å². The predicted octanol–water partition coefficient (Wildman–Crippen LogP) is 4.43. The Bertz CT molecular complexity index is 951. The maximum Gasteiger partial charge on any atom is 0.271 e. The van der Waals surface area contributed by atoms with Crippen molar-refractivity contribution >= 4 is 23.4 Å². The minimum atomic E-state index is -0.206. The van der Waals surface area contributed by atoms with E-state index in [4.69, 9.17) is 0 Å². The van der Waals surface area contributed by atoms with Crippen LogP contribution in [0, 0.1) is 0 Å². The van der Waals surface area contributed by atoms with Crippen molar-refractivity contribution in [3.05, 3.63) is 77.6 Å². The molecule has 29 heavy (non-hydrogen) atoms. The number of unbranched alkanes of at least 4 members (excludes halogenated alkanes) is 1. The van der Waals surface area contributed by atoms with E-state index in [0.29, 0.717) is 5.56 Å². The van der Waals surface area contributed by atoms with Crippen LogP contribution in [0.1, 0.15) is 47.7 Å². The molecule has 0 radical (unpaired) electrons. The lowest BCUT2D eigenvalue weighted by atomic mass is 10.1. The number of nitrogens with one attached hydrogen (secondary N) is 1. The Balaban J connectivity index is 1.61. The molecule has 1 heterocycles. The minimum absolute atomic E-state index is 0.206. The summed E-state index contributed by atoms with van der Waals surface area (Å²) in [5.74, 6) is 0.560. The van der Waals surface area contributed by atoms with Crippen molar-refractivity contribution in [1.82, 2.24) is 20.2 Å². The Morgan fingerprint density at radius 2 is 1.86 bits per heavy atom. The smallest absolute Gasteiger partial charge is 0.271 e. The molecular weight excluding hydrogens is 382 g/mol. The van der Waals surface area contributed by atoms with Crippen LogP contribution in [0.4, 0.5) is 0 Å². The maximum absolute atomic E-state index is 12.5. The number of hydrogen-bond donors (Lipinski definition) is 1. The monoisotopic (exact) mass is 407 g/mol. The van der Waals surface area contributed by atoms with Crippen molar-refractivity contribution in [3.63, 3.8) is 0 Å². The molecular formula is C22H25N5OS. The molecule has 0 saturated heterocycles. The summed E-state index contributed by atoms with van der Waals surface area (Å²) in [6, 6.07) is 17.5. The van der Waals surface area contributed by atoms with Crippen LogP contribution >= 0.6 is 11.8 Å². The van der Waals surface area contributed by atoms with E-state index >= 15 is 0 Å². The lowest BCUT2D eigenvalue weighted by Crippen LogP contribution is -2.20. The molecule has 3 rings (SSSR count). The first-order chi connectivity index (χ1) is 14.2. The first-order valence-electron chi connectivity index (χ1n) is 9.65. The van der Waals surface area contributed by atoms with Gasteiger partial charge in [-0.3, -0.25) is 4.79 Å². The second-order valence-corrected chi connectivity index (χ2v) is 7.62. The number of thioether (sulfide) groups is 1. The minimum Gasteiger partial charge on any atom is -0.312 e. The van der Waals surface area contributed by atoms with Gasteiger partial charge < -0.3 is 4.57 Å². The Morgan fingerprint density at radius 1 is 1.10 bits per heavy atom. The number of rotatable bonds is 9. The van der Waals surface area contributed by atoms with Crippen molar-refractivity contribution in [2.45, 2.75) is 37.1 Å². The molecule has 3 aromatic rings. The summed E-state index contributed by atoms with van der Waals surface area (Å²) in [6.07, 6.45) is 4.62. The highest BCUT2D eigenvalue weighted by Gasteiger charge is 2.08. The molecule has 0 aliphatic rings. The highest BCUT2D eigenvalue weighted by molar-refractivity contribution is 7.98. The molecule has 0 spiro atoms. The largest absolute Gasteiger partial charge is 0.312 e. The fourth-order valence-corrected chi connectivity index (χ4v) is 3.57. The van der Waals surface area contributed by atoms with Crippen LogP contribution in [0.3, 0.4) is 0 Å². The zero-order valence-corrected chi connectivity index (χ0v) is 17.5. The van der Waals surface area contributed by atoms with Crippen molar-refractivity contribution < 1.29 is 4.79 Å². The molecule has 6 nitrogen and oxygen atoms in total. The van der Waals surface area contributed by atoms with Crippen LogP contribution < -0.4 is 5.43 Å². The SMILES string of the molecule is CCCC/C(=N/NC(=O)c1ccc(CSc2nncn2C)cc1)c1ccccc1. The van der Waals surface area contributed by atoms with Gasteiger partial charge in [0.25, 0.3) is 5.91 Å². The van der Waals surface area contributed by atoms with Gasteiger partial charge in [0, 0.05) is 18.4 Å². The lowest BCUT2D eigenvalue weighted by molar-refractivity contribution is 0.0955. The van der Waals surface area contributed by atoms with E-state index in [1.165, 1.54) is 0 Å². The van der Waals surface area contributed by atoms with E-state index in [2.05, 4.69) is 27.6 Å². The number of hydrogen-bond acceptors (Lipinski definition) is 5. The average molecular weight is 408 g/mol. The van der Waals surface area contributed by atoms with Gasteiger partial charge in [-0.1, -0.05) is 67.6 Å². The Morgan fingerprint density at radius 3 is 2.52 bits per heavy atom. The van der Waals surface area contributed by atoms with Crippen LogP contribution in [0.5, 0.6) is 0 Å². The Labute approximate surface area is 175 Å². The molecule has 1 amide bonds. The van der Waals surface area contributed by atoms with Crippen LogP contribution in [-0.2, 0) is 12.8 Å². The first-order valence-corrected chi connectivity index (χ1v) is 10.6. The molecule has 0 unspecified atom stereocenters. The Kier molecular flexibility index (Phi) is 7.58. The number of hydrazone groups is 1. The van der Waals surface area contributed by atoms with Gasteiger partial charge >= 0.3 is 0 Å². The number of benzene rings is 2. The molecule has 0 saturated carbocycles. The average Bonchev–Trinajstić information content (AvgIpc) is 3.18. The highest BCUT2D eigenvalue weighted by atomic mass is 32.2. The second kappa shape index (κ2) is 10.6. The van der Waals surface area contributed by atoms with Crippen LogP contribution in [0.25, 0.3) is 0 Å². The van der Waals surface area contributed by atoms with E-state index in [1.54, 1.807) is 18.1 Å². The predicted molar refractivity (Wildman–Crippen MR) is 117 cm³/mol. The second-order valence-electron chi connectivity index (χ2n) is 6.68. The van der Waals surface area contributed by atoms with Gasteiger partial charge in [0.1, 0.15) is 6.33 Å². The van der Waals surface area contributed by atoms with E-state index in [0.717, 1.165) is 47.0 Å². The molecule has 0 aliphatic heterocycles. The van der Waals surface area contributed by atoms with Crippen molar-refractivity contribution in [3.8, 4) is 0 Å². The fraction of sp³-hybridized carbons (Fsp3) is 0.273. The van der Waals surface area contributed by atoms with E-state index < -0.39 is 0 Å². The molecule has 0 atom stereocenters. The van der Waals surface area contributed by atoms with E-state index in [9.17, 15) is 4.79 Å². The number of carbonyl (C=O) groups is 1. The highest BCUT2D eigenvalue weighted by Crippen LogP contribution is 2.20. The summed E-state index contributed by atoms with van der Waals surface area (Å²) in [6.45, 7) is 2.14. The zero-order chi connectivity index (χ0) is 20.5. The van der Waals surface area contributed by atoms with Crippen LogP contribution in [0.15, 0.2) is 71.2 Å². The molecule has 1 N–H and O–H groups in total. The van der Waals surface area contributed by atoms with Gasteiger partial charge in [0.15, 0.2) is 5.16 Å². The quantitative estimate of drug-likeness (QED) is 0.323. The van der Waals surface area contributed by atoms with Gasteiger partial charge in [0.2, 0.25) is 0 Å². The molecule has 0 fully saturated rings. The molecule has 0 bridgehead atoms. The summed E-state index contributed by atoms with van der Waals surface area (Å²) in [7, 11) is 1.92. The standard InChI is InChI=1S/C22H25N5OS/c1-3-4-10-20(18-8-6-5-7-9-18)24-25-21(28)19-13-11-17(12-14-19)15-29-22-26-23-16-27(22)2/h5-9,11-14,16H,3-4,10,15H2,1-2H3,(H,25,28)/b24-20-. The number of aryl methyl sites for hydroxylation is 1. The normalized spacial score (nSPS) is 11.4. The molecule has 7 heteroatoms. The van der Waals surface area contributed by atoms with Crippen molar-refractivity contribution in [1.29, 1.82) is 0 Å². The summed E-state index contributed by atoms with van der Waals surface area (Å²) < 4.78 is 1.88. The summed E-state index contributed by atoms with van der Waals surface area (Å²) >= 11 is 1.61. The summed E-state index contributed by atoms with van der Waals surface area (Å²) in [5, 5.41) is 13.2. The Hall–Kier alpha value is -2.93. The number of amides is 1. The van der Waals surface area contributed by atoms with Gasteiger partial charge in [-0.2, -0.15) is 5.10 Å². The fourth-order valence-electron chi connectivity index (χ4n) is 2.73. The molecule has 2 aromatic carbocycles. The number of nitrogens with zero attached hydrogens (tertiary/aromatic N) is 4. The third-order valence-corrected chi connectivity index (χ3v) is 5.53. The third kappa shape index (κ3) is 6.02. The maximum atomic E-state index is 12.5. The summed E-state index contributed by atoms with van der Waals surface area (Å²) in [5.41, 5.74) is 6.35. The first kappa shape index (κ1) is 20.8. The van der Waals surface area contributed by atoms with E-state index in [-0.39, 0.29) is 5.91 Å². The number of carbonyl (C=O) groups excluding carboxylic acids is 1. The summed E-state index contributed by atoms with van der Waals surface area (Å²) in [4.78, 5) is 12.5. The van der Waals surface area contributed by atoms with Gasteiger partial charge in [0.05, 0.1) is 5.71 Å². The van der Waals surface area contributed by atoms with Gasteiger partial charge in [-0.25, -0.2) is 5.43 Å². The van der Waals surface area contributed by atoms with Crippen LogP contribution in [0.2, 0.25) is 0 Å². The molecule has 150 valence electrons. The van der Waals surface area contributed by atoms with Crippen molar-refractivity contribution in [2.24, 2.45) is 12.1 Å². The van der Waals surface area contributed by atoms with Gasteiger partial charge in [-0.15, -0.1) is 10.2 Å². The van der Waals surface area contributed by atoms with Crippen molar-refractivity contribution in [2.75, 3.05) is 0 Å². The van der Waals surface area contributed by atoms with Crippen LogP contribution in [-0.4, -0.2) is 26.4 Å². The number of aromatic nitrogens is 3. The zero-order valence-electron chi connectivity index (χ0n) is 16.7. The molecule has 1 aromatic heterocycles. The van der Waals surface area contributed by atoms with E-state index in [1.807, 2.05) is 66.2 Å².